The first-order valence-corrected chi connectivity index (χ1v) is 7.98. The van der Waals surface area contributed by atoms with Gasteiger partial charge in [0.1, 0.15) is 17.1 Å². The lowest BCUT2D eigenvalue weighted by molar-refractivity contribution is -0.139. The third kappa shape index (κ3) is 2.72. The molecule has 0 fully saturated rings. The van der Waals surface area contributed by atoms with E-state index in [0.29, 0.717) is 29.9 Å². The lowest BCUT2D eigenvalue weighted by Crippen LogP contribution is -2.35. The highest BCUT2D eigenvalue weighted by Gasteiger charge is 2.46. The van der Waals surface area contributed by atoms with E-state index in [0.717, 1.165) is 0 Å². The molecule has 1 aromatic rings. The van der Waals surface area contributed by atoms with Crippen molar-refractivity contribution in [2.24, 2.45) is 11.1 Å². The predicted molar refractivity (Wildman–Crippen MR) is 85.4 cm³/mol. The van der Waals surface area contributed by atoms with Gasteiger partial charge in [-0.05, 0) is 24.5 Å². The van der Waals surface area contributed by atoms with E-state index in [-0.39, 0.29) is 29.3 Å². The number of hydrogen-bond acceptors (Lipinski definition) is 6. The van der Waals surface area contributed by atoms with Gasteiger partial charge in [-0.3, -0.25) is 4.79 Å². The van der Waals surface area contributed by atoms with Crippen LogP contribution in [0.25, 0.3) is 0 Å². The maximum atomic E-state index is 12.8. The Labute approximate surface area is 140 Å². The highest BCUT2D eigenvalue weighted by atomic mass is 16.5. The first-order chi connectivity index (χ1) is 11.3. The summed E-state index contributed by atoms with van der Waals surface area (Å²) in [4.78, 5) is 25.2. The molecule has 0 saturated heterocycles. The zero-order valence-corrected chi connectivity index (χ0v) is 14.0. The third-order valence-corrected chi connectivity index (χ3v) is 4.28. The zero-order valence-electron chi connectivity index (χ0n) is 14.0. The molecule has 0 bridgehead atoms. The fraction of sp³-hybridized carbons (Fsp3) is 0.444. The lowest BCUT2D eigenvalue weighted by Gasteiger charge is -2.37. The smallest absolute Gasteiger partial charge is 0.340 e. The molecule has 2 N–H and O–H groups in total. The van der Waals surface area contributed by atoms with Gasteiger partial charge in [0.05, 0.1) is 18.8 Å². The van der Waals surface area contributed by atoms with E-state index in [2.05, 4.69) is 0 Å². The molecule has 0 amide bonds. The topological polar surface area (TPSA) is 91.8 Å². The molecular formula is C18H21NO5. The molecule has 0 spiro atoms. The number of allylic oxidation sites excluding steroid dienone is 2. The monoisotopic (exact) mass is 331 g/mol. The molecule has 0 aromatic carbocycles. The van der Waals surface area contributed by atoms with Crippen molar-refractivity contribution >= 4 is 11.8 Å². The van der Waals surface area contributed by atoms with Gasteiger partial charge >= 0.3 is 5.97 Å². The van der Waals surface area contributed by atoms with Crippen LogP contribution in [0, 0.1) is 5.41 Å². The van der Waals surface area contributed by atoms with E-state index in [4.69, 9.17) is 19.6 Å². The van der Waals surface area contributed by atoms with Crippen LogP contribution in [0.15, 0.2) is 45.6 Å². The average Bonchev–Trinajstić information content (AvgIpc) is 2.98. The third-order valence-electron chi connectivity index (χ3n) is 4.28. The fourth-order valence-electron chi connectivity index (χ4n) is 3.33. The molecule has 2 heterocycles. The molecular weight excluding hydrogens is 310 g/mol. The molecule has 0 saturated carbocycles. The van der Waals surface area contributed by atoms with Crippen LogP contribution in [0.1, 0.15) is 45.3 Å². The van der Waals surface area contributed by atoms with Gasteiger partial charge in [0, 0.05) is 18.4 Å². The summed E-state index contributed by atoms with van der Waals surface area (Å²) in [5, 5.41) is 0. The predicted octanol–water partition coefficient (Wildman–Crippen LogP) is 2.77. The quantitative estimate of drug-likeness (QED) is 0.856. The molecule has 1 aliphatic heterocycles. The van der Waals surface area contributed by atoms with Gasteiger partial charge in [-0.25, -0.2) is 4.79 Å². The minimum atomic E-state index is -0.689. The minimum Gasteiger partial charge on any atom is -0.468 e. The van der Waals surface area contributed by atoms with Crippen molar-refractivity contribution < 1.29 is 23.5 Å². The Kier molecular flexibility index (Phi) is 3.99. The fourth-order valence-corrected chi connectivity index (χ4v) is 3.33. The SMILES string of the molecule is CCOC(=O)C1=C(N)OC2=C(C(=O)CC(C)(C)C2)[C@H]1c1ccco1. The van der Waals surface area contributed by atoms with Gasteiger partial charge in [0.2, 0.25) is 5.88 Å². The number of hydrogen-bond donors (Lipinski definition) is 1. The first-order valence-electron chi connectivity index (χ1n) is 7.98. The molecule has 128 valence electrons. The number of carbonyl (C=O) groups is 2. The number of furan rings is 1. The standard InChI is InChI=1S/C18H21NO5/c1-4-22-17(21)15-14(11-6-5-7-23-11)13-10(20)8-18(2,3)9-12(13)24-16(15)19/h5-7,14H,4,8-9,19H2,1-3H3/t14-/m1/s1. The summed E-state index contributed by atoms with van der Waals surface area (Å²) < 4.78 is 16.3. The van der Waals surface area contributed by atoms with Crippen molar-refractivity contribution in [2.75, 3.05) is 6.61 Å². The largest absolute Gasteiger partial charge is 0.468 e. The van der Waals surface area contributed by atoms with Crippen LogP contribution in [0.4, 0.5) is 0 Å². The lowest BCUT2D eigenvalue weighted by atomic mass is 9.71. The van der Waals surface area contributed by atoms with Crippen molar-refractivity contribution in [1.29, 1.82) is 0 Å². The number of Topliss-reactive ketones (excluding diaryl/α,β-unsaturated/α-hetero) is 1. The number of ketones is 1. The molecule has 1 aliphatic carbocycles. The van der Waals surface area contributed by atoms with E-state index in [1.54, 1.807) is 19.1 Å². The molecule has 24 heavy (non-hydrogen) atoms. The maximum Gasteiger partial charge on any atom is 0.340 e. The van der Waals surface area contributed by atoms with E-state index in [1.807, 2.05) is 13.8 Å². The molecule has 2 aliphatic rings. The zero-order chi connectivity index (χ0) is 17.5. The summed E-state index contributed by atoms with van der Waals surface area (Å²) in [6.07, 6.45) is 2.45. The van der Waals surface area contributed by atoms with Crippen LogP contribution in [-0.2, 0) is 19.1 Å². The number of ether oxygens (including phenoxy) is 2. The summed E-state index contributed by atoms with van der Waals surface area (Å²) in [5.41, 5.74) is 6.37. The highest BCUT2D eigenvalue weighted by molar-refractivity contribution is 6.03. The molecule has 1 atom stereocenters. The van der Waals surface area contributed by atoms with E-state index < -0.39 is 11.9 Å². The Morgan fingerprint density at radius 3 is 2.79 bits per heavy atom. The normalized spacial score (nSPS) is 23.0. The molecule has 0 unspecified atom stereocenters. The summed E-state index contributed by atoms with van der Waals surface area (Å²) in [6.45, 7) is 5.91. The number of carbonyl (C=O) groups excluding carboxylic acids is 2. The summed E-state index contributed by atoms with van der Waals surface area (Å²) in [5.74, 6) is -0.379. The summed E-state index contributed by atoms with van der Waals surface area (Å²) >= 11 is 0. The first kappa shape index (κ1) is 16.4. The number of rotatable bonds is 3. The molecule has 3 rings (SSSR count). The van der Waals surface area contributed by atoms with E-state index >= 15 is 0 Å². The van der Waals surface area contributed by atoms with E-state index in [1.165, 1.54) is 6.26 Å². The highest BCUT2D eigenvalue weighted by Crippen LogP contribution is 2.48. The second-order valence-corrected chi connectivity index (χ2v) is 6.83. The molecule has 6 heteroatoms. The Bertz CT molecular complexity index is 739. The van der Waals surface area contributed by atoms with Crippen molar-refractivity contribution in [3.8, 4) is 0 Å². The Balaban J connectivity index is 2.14. The molecule has 6 nitrogen and oxygen atoms in total. The minimum absolute atomic E-state index is 0.0286. The van der Waals surface area contributed by atoms with Gasteiger partial charge < -0.3 is 19.6 Å². The Hall–Kier alpha value is -2.50. The van der Waals surface area contributed by atoms with Crippen molar-refractivity contribution in [1.82, 2.24) is 0 Å². The Morgan fingerprint density at radius 2 is 2.17 bits per heavy atom. The molecule has 0 radical (unpaired) electrons. The van der Waals surface area contributed by atoms with Crippen LogP contribution in [0.5, 0.6) is 0 Å². The second kappa shape index (κ2) is 5.85. The van der Waals surface area contributed by atoms with Gasteiger partial charge in [-0.1, -0.05) is 13.8 Å². The van der Waals surface area contributed by atoms with Gasteiger partial charge in [-0.15, -0.1) is 0 Å². The van der Waals surface area contributed by atoms with Crippen LogP contribution in [-0.4, -0.2) is 18.4 Å². The second-order valence-electron chi connectivity index (χ2n) is 6.83. The van der Waals surface area contributed by atoms with Gasteiger partial charge in [0.25, 0.3) is 0 Å². The van der Waals surface area contributed by atoms with Crippen LogP contribution in [0.2, 0.25) is 0 Å². The van der Waals surface area contributed by atoms with Gasteiger partial charge in [-0.2, -0.15) is 0 Å². The average molecular weight is 331 g/mol. The maximum absolute atomic E-state index is 12.8. The molecule has 1 aromatic heterocycles. The number of nitrogens with two attached hydrogens (primary N) is 1. The van der Waals surface area contributed by atoms with Crippen molar-refractivity contribution in [3.63, 3.8) is 0 Å². The number of esters is 1. The van der Waals surface area contributed by atoms with Crippen molar-refractivity contribution in [2.45, 2.75) is 39.5 Å². The summed E-state index contributed by atoms with van der Waals surface area (Å²) in [7, 11) is 0. The van der Waals surface area contributed by atoms with Crippen LogP contribution < -0.4 is 5.73 Å². The van der Waals surface area contributed by atoms with E-state index in [9.17, 15) is 9.59 Å². The van der Waals surface area contributed by atoms with Crippen LogP contribution >= 0.6 is 0 Å². The van der Waals surface area contributed by atoms with Crippen molar-refractivity contribution in [3.05, 3.63) is 46.9 Å². The van der Waals surface area contributed by atoms with Crippen LogP contribution in [0.3, 0.4) is 0 Å². The Morgan fingerprint density at radius 1 is 1.42 bits per heavy atom. The van der Waals surface area contributed by atoms with Gasteiger partial charge in [0.15, 0.2) is 5.78 Å². The summed E-state index contributed by atoms with van der Waals surface area (Å²) in [6, 6.07) is 3.43.